The number of aromatic nitrogens is 1. The van der Waals surface area contributed by atoms with Gasteiger partial charge < -0.3 is 19.2 Å². The zero-order valence-corrected chi connectivity index (χ0v) is 17.2. The molecule has 7 nitrogen and oxygen atoms in total. The Balaban J connectivity index is 1.77. The number of hydrogen-bond donors (Lipinski definition) is 1. The highest BCUT2D eigenvalue weighted by Gasteiger charge is 2.44. The Hall–Kier alpha value is -3.87. The number of ketones is 1. The topological polar surface area (TPSA) is 92.9 Å². The number of aryl methyl sites for hydroxylation is 1. The van der Waals surface area contributed by atoms with E-state index in [1.54, 1.807) is 61.8 Å². The molecule has 1 aliphatic heterocycles. The largest absolute Gasteiger partial charge is 0.503 e. The second-order valence-corrected chi connectivity index (χ2v) is 7.20. The maximum Gasteiger partial charge on any atom is 0.290 e. The molecule has 1 N–H and O–H groups in total. The summed E-state index contributed by atoms with van der Waals surface area (Å²) in [5.74, 6) is -0.386. The molecule has 7 heteroatoms. The van der Waals surface area contributed by atoms with Gasteiger partial charge in [-0.3, -0.25) is 14.6 Å². The molecule has 0 bridgehead atoms. The molecule has 1 atom stereocenters. The van der Waals surface area contributed by atoms with Crippen LogP contribution in [0.1, 0.15) is 40.4 Å². The van der Waals surface area contributed by atoms with Gasteiger partial charge in [0.15, 0.2) is 11.5 Å². The van der Waals surface area contributed by atoms with E-state index in [0.29, 0.717) is 23.7 Å². The fraction of sp³-hybridized carbons (Fsp3) is 0.208. The molecule has 1 aliphatic rings. The number of pyridine rings is 1. The molecule has 0 spiro atoms. The van der Waals surface area contributed by atoms with E-state index in [9.17, 15) is 14.7 Å². The van der Waals surface area contributed by atoms with E-state index in [0.717, 1.165) is 5.56 Å². The number of hydrogen-bond acceptors (Lipinski definition) is 6. The number of benzene rings is 1. The molecule has 2 aromatic heterocycles. The fourth-order valence-electron chi connectivity index (χ4n) is 3.69. The molecule has 0 saturated carbocycles. The van der Waals surface area contributed by atoms with Crippen molar-refractivity contribution in [2.45, 2.75) is 26.4 Å². The first-order valence-corrected chi connectivity index (χ1v) is 9.96. The summed E-state index contributed by atoms with van der Waals surface area (Å²) in [5, 5.41) is 10.7. The van der Waals surface area contributed by atoms with Crippen LogP contribution in [0.3, 0.4) is 0 Å². The first-order chi connectivity index (χ1) is 15.0. The van der Waals surface area contributed by atoms with E-state index in [2.05, 4.69) is 4.98 Å². The molecule has 4 rings (SSSR count). The Morgan fingerprint density at radius 2 is 1.97 bits per heavy atom. The second kappa shape index (κ2) is 8.47. The summed E-state index contributed by atoms with van der Waals surface area (Å²) in [6.45, 7) is 4.32. The van der Waals surface area contributed by atoms with Gasteiger partial charge in [-0.05, 0) is 55.3 Å². The highest BCUT2D eigenvalue weighted by Crippen LogP contribution is 2.40. The SMILES string of the molecule is CCOc1ccc([C@H]2C(C(=O)c3ccc(C)o3)=C(O)C(=O)N2Cc2cccnc2)cc1. The maximum atomic E-state index is 13.2. The molecule has 158 valence electrons. The second-order valence-electron chi connectivity index (χ2n) is 7.20. The van der Waals surface area contributed by atoms with Crippen LogP contribution in [-0.4, -0.2) is 33.3 Å². The summed E-state index contributed by atoms with van der Waals surface area (Å²) < 4.78 is 11.0. The molecule has 1 aromatic carbocycles. The zero-order valence-electron chi connectivity index (χ0n) is 17.2. The summed E-state index contributed by atoms with van der Waals surface area (Å²) in [5.41, 5.74) is 1.45. The van der Waals surface area contributed by atoms with Crippen molar-refractivity contribution in [1.29, 1.82) is 0 Å². The molecule has 0 radical (unpaired) electrons. The minimum atomic E-state index is -0.777. The quantitative estimate of drug-likeness (QED) is 0.579. The standard InChI is InChI=1S/C24H22N2O5/c1-3-30-18-9-7-17(8-10-18)21-20(22(27)19-11-6-15(2)31-19)23(28)24(29)26(21)14-16-5-4-12-25-13-16/h4-13,21,28H,3,14H2,1-2H3/t21-/m0/s1. The van der Waals surface area contributed by atoms with Crippen LogP contribution >= 0.6 is 0 Å². The third kappa shape index (κ3) is 3.94. The van der Waals surface area contributed by atoms with E-state index >= 15 is 0 Å². The van der Waals surface area contributed by atoms with Gasteiger partial charge in [0.05, 0.1) is 18.2 Å². The molecule has 3 aromatic rings. The van der Waals surface area contributed by atoms with Gasteiger partial charge in [0.25, 0.3) is 5.91 Å². The first-order valence-electron chi connectivity index (χ1n) is 9.96. The summed E-state index contributed by atoms with van der Waals surface area (Å²) in [4.78, 5) is 31.8. The molecular weight excluding hydrogens is 396 g/mol. The van der Waals surface area contributed by atoms with Crippen molar-refractivity contribution in [2.24, 2.45) is 0 Å². The van der Waals surface area contributed by atoms with Crippen LogP contribution < -0.4 is 4.74 Å². The van der Waals surface area contributed by atoms with Gasteiger partial charge in [-0.25, -0.2) is 0 Å². The lowest BCUT2D eigenvalue weighted by molar-refractivity contribution is -0.130. The number of aliphatic hydroxyl groups is 1. The monoisotopic (exact) mass is 418 g/mol. The van der Waals surface area contributed by atoms with Crippen LogP contribution in [0.25, 0.3) is 0 Å². The molecule has 0 saturated heterocycles. The summed E-state index contributed by atoms with van der Waals surface area (Å²) in [7, 11) is 0. The molecule has 0 aliphatic carbocycles. The third-order valence-corrected chi connectivity index (χ3v) is 5.09. The Kier molecular flexibility index (Phi) is 5.58. The van der Waals surface area contributed by atoms with Crippen LogP contribution in [0.15, 0.2) is 76.7 Å². The maximum absolute atomic E-state index is 13.2. The molecule has 0 unspecified atom stereocenters. The molecular formula is C24H22N2O5. The summed E-state index contributed by atoms with van der Waals surface area (Å²) in [6, 6.07) is 13.2. The van der Waals surface area contributed by atoms with Crippen molar-refractivity contribution in [3.63, 3.8) is 0 Å². The van der Waals surface area contributed by atoms with Crippen LogP contribution in [0, 0.1) is 6.92 Å². The van der Waals surface area contributed by atoms with Gasteiger partial charge in [0.1, 0.15) is 11.5 Å². The number of carbonyl (C=O) groups is 2. The van der Waals surface area contributed by atoms with Crippen LogP contribution in [0.2, 0.25) is 0 Å². The van der Waals surface area contributed by atoms with Crippen molar-refractivity contribution in [3.05, 3.63) is 94.9 Å². The Bertz CT molecular complexity index is 1130. The highest BCUT2D eigenvalue weighted by molar-refractivity contribution is 6.15. The Morgan fingerprint density at radius 1 is 1.19 bits per heavy atom. The Morgan fingerprint density at radius 3 is 2.58 bits per heavy atom. The third-order valence-electron chi connectivity index (χ3n) is 5.09. The fourth-order valence-corrected chi connectivity index (χ4v) is 3.69. The molecule has 1 amide bonds. The van der Waals surface area contributed by atoms with Crippen molar-refractivity contribution >= 4 is 11.7 Å². The van der Waals surface area contributed by atoms with Gasteiger partial charge >= 0.3 is 0 Å². The van der Waals surface area contributed by atoms with E-state index in [4.69, 9.17) is 9.15 Å². The number of nitrogens with zero attached hydrogens (tertiary/aromatic N) is 2. The normalized spacial score (nSPS) is 16.1. The number of Topliss-reactive ketones (excluding diaryl/α,β-unsaturated/α-hetero) is 1. The van der Waals surface area contributed by atoms with E-state index in [1.165, 1.54) is 4.90 Å². The number of ether oxygens (including phenoxy) is 1. The lowest BCUT2D eigenvalue weighted by Gasteiger charge is -2.26. The van der Waals surface area contributed by atoms with Gasteiger partial charge in [0, 0.05) is 18.9 Å². The zero-order chi connectivity index (χ0) is 22.0. The van der Waals surface area contributed by atoms with Crippen LogP contribution in [-0.2, 0) is 11.3 Å². The molecule has 0 fully saturated rings. The van der Waals surface area contributed by atoms with Crippen molar-refractivity contribution < 1.29 is 23.8 Å². The number of furan rings is 1. The minimum Gasteiger partial charge on any atom is -0.503 e. The highest BCUT2D eigenvalue weighted by atomic mass is 16.5. The lowest BCUT2D eigenvalue weighted by Crippen LogP contribution is -2.30. The average Bonchev–Trinajstić information content (AvgIpc) is 3.32. The molecule has 3 heterocycles. The lowest BCUT2D eigenvalue weighted by atomic mass is 9.95. The van der Waals surface area contributed by atoms with Crippen molar-refractivity contribution in [2.75, 3.05) is 6.61 Å². The summed E-state index contributed by atoms with van der Waals surface area (Å²) >= 11 is 0. The van der Waals surface area contributed by atoms with Gasteiger partial charge in [-0.2, -0.15) is 0 Å². The predicted molar refractivity (Wildman–Crippen MR) is 113 cm³/mol. The Labute approximate surface area is 179 Å². The minimum absolute atomic E-state index is 0.00704. The number of aliphatic hydroxyl groups excluding tert-OH is 1. The number of rotatable bonds is 7. The van der Waals surface area contributed by atoms with Gasteiger partial charge in [-0.1, -0.05) is 18.2 Å². The van der Waals surface area contributed by atoms with Crippen LogP contribution in [0.5, 0.6) is 5.75 Å². The average molecular weight is 418 g/mol. The van der Waals surface area contributed by atoms with Gasteiger partial charge in [-0.15, -0.1) is 0 Å². The van der Waals surface area contributed by atoms with E-state index in [-0.39, 0.29) is 17.9 Å². The smallest absolute Gasteiger partial charge is 0.290 e. The summed E-state index contributed by atoms with van der Waals surface area (Å²) in [6.07, 6.45) is 3.29. The number of amides is 1. The van der Waals surface area contributed by atoms with Crippen molar-refractivity contribution in [1.82, 2.24) is 9.88 Å². The van der Waals surface area contributed by atoms with Crippen LogP contribution in [0.4, 0.5) is 0 Å². The predicted octanol–water partition coefficient (Wildman–Crippen LogP) is 4.16. The van der Waals surface area contributed by atoms with E-state index < -0.39 is 23.5 Å². The molecule has 31 heavy (non-hydrogen) atoms. The van der Waals surface area contributed by atoms with Crippen molar-refractivity contribution in [3.8, 4) is 5.75 Å². The number of carbonyl (C=O) groups excluding carboxylic acids is 2. The van der Waals surface area contributed by atoms with E-state index in [1.807, 2.05) is 13.0 Å². The van der Waals surface area contributed by atoms with Gasteiger partial charge in [0.2, 0.25) is 5.78 Å². The first kappa shape index (κ1) is 20.4.